The van der Waals surface area contributed by atoms with Gasteiger partial charge in [0.15, 0.2) is 0 Å². The van der Waals surface area contributed by atoms with Crippen molar-refractivity contribution in [2.45, 2.75) is 45.2 Å². The van der Waals surface area contributed by atoms with Gasteiger partial charge in [-0.3, -0.25) is 0 Å². The van der Waals surface area contributed by atoms with Gasteiger partial charge in [0.05, 0.1) is 5.69 Å². The van der Waals surface area contributed by atoms with Gasteiger partial charge in [-0.05, 0) is 31.9 Å². The maximum atomic E-state index is 14.0. The van der Waals surface area contributed by atoms with Gasteiger partial charge in [0.2, 0.25) is 0 Å². The summed E-state index contributed by atoms with van der Waals surface area (Å²) in [6, 6.07) is 3.89. The highest BCUT2D eigenvalue weighted by Crippen LogP contribution is 2.29. The monoisotopic (exact) mass is 268 g/mol. The first-order valence-electron chi connectivity index (χ1n) is 6.96. The molecule has 1 heterocycles. The average molecular weight is 268 g/mol. The number of hydrogen-bond acceptors (Lipinski definition) is 2. The van der Waals surface area contributed by atoms with Crippen LogP contribution in [0.15, 0.2) is 18.2 Å². The molecule has 0 amide bonds. The second kappa shape index (κ2) is 5.45. The Hall–Kier alpha value is -1.16. The molecule has 2 atom stereocenters. The molecule has 2 nitrogen and oxygen atoms in total. The summed E-state index contributed by atoms with van der Waals surface area (Å²) in [4.78, 5) is 2.01. The van der Waals surface area contributed by atoms with Crippen LogP contribution in [0.5, 0.6) is 0 Å². The minimum Gasteiger partial charge on any atom is -0.363 e. The van der Waals surface area contributed by atoms with E-state index in [0.29, 0.717) is 12.2 Å². The minimum atomic E-state index is -0.386. The molecule has 2 unspecified atom stereocenters. The first kappa shape index (κ1) is 14.3. The van der Waals surface area contributed by atoms with E-state index in [1.54, 1.807) is 0 Å². The van der Waals surface area contributed by atoms with E-state index in [9.17, 15) is 8.78 Å². The van der Waals surface area contributed by atoms with Crippen LogP contribution in [0.4, 0.5) is 14.5 Å². The molecule has 0 saturated carbocycles. The first-order valence-corrected chi connectivity index (χ1v) is 6.96. The number of benzene rings is 1. The fourth-order valence-corrected chi connectivity index (χ4v) is 2.62. The molecule has 1 aromatic carbocycles. The summed E-state index contributed by atoms with van der Waals surface area (Å²) in [5.74, 6) is -0.733. The van der Waals surface area contributed by atoms with E-state index in [1.165, 1.54) is 18.2 Å². The molecule has 4 heteroatoms. The summed E-state index contributed by atoms with van der Waals surface area (Å²) in [6.45, 7) is 7.81. The van der Waals surface area contributed by atoms with Gasteiger partial charge < -0.3 is 10.2 Å². The van der Waals surface area contributed by atoms with E-state index in [4.69, 9.17) is 0 Å². The normalized spacial score (nSPS) is 27.6. The van der Waals surface area contributed by atoms with E-state index < -0.39 is 0 Å². The van der Waals surface area contributed by atoms with E-state index in [2.05, 4.69) is 26.1 Å². The second-order valence-electron chi connectivity index (χ2n) is 5.58. The quantitative estimate of drug-likeness (QED) is 0.904. The summed E-state index contributed by atoms with van der Waals surface area (Å²) in [7, 11) is 0. The zero-order valence-electron chi connectivity index (χ0n) is 11.8. The summed E-state index contributed by atoms with van der Waals surface area (Å²) >= 11 is 0. The van der Waals surface area contributed by atoms with Crippen LogP contribution < -0.4 is 10.2 Å². The molecule has 1 N–H and O–H groups in total. The molecule has 0 bridgehead atoms. The smallest absolute Gasteiger partial charge is 0.146 e. The van der Waals surface area contributed by atoms with Crippen LogP contribution in [0.3, 0.4) is 0 Å². The maximum absolute atomic E-state index is 14.0. The Labute approximate surface area is 113 Å². The van der Waals surface area contributed by atoms with Crippen molar-refractivity contribution in [2.75, 3.05) is 18.0 Å². The lowest BCUT2D eigenvalue weighted by Crippen LogP contribution is -2.63. The van der Waals surface area contributed by atoms with Crippen molar-refractivity contribution in [1.29, 1.82) is 0 Å². The molecule has 1 aromatic rings. The van der Waals surface area contributed by atoms with Gasteiger partial charge in [0, 0.05) is 30.7 Å². The van der Waals surface area contributed by atoms with Crippen LogP contribution in [0.1, 0.15) is 33.6 Å². The highest BCUT2D eigenvalue weighted by Gasteiger charge is 2.34. The van der Waals surface area contributed by atoms with Gasteiger partial charge >= 0.3 is 0 Å². The van der Waals surface area contributed by atoms with Crippen LogP contribution >= 0.6 is 0 Å². The average Bonchev–Trinajstić information content (AvgIpc) is 2.41. The zero-order chi connectivity index (χ0) is 14.0. The van der Waals surface area contributed by atoms with Gasteiger partial charge in [-0.15, -0.1) is 0 Å². The lowest BCUT2D eigenvalue weighted by molar-refractivity contribution is 0.274. The van der Waals surface area contributed by atoms with E-state index in [0.717, 1.165) is 19.4 Å². The third-order valence-electron chi connectivity index (χ3n) is 4.19. The zero-order valence-corrected chi connectivity index (χ0v) is 11.8. The van der Waals surface area contributed by atoms with Gasteiger partial charge in [-0.1, -0.05) is 13.8 Å². The lowest BCUT2D eigenvalue weighted by atomic mass is 9.92. The molecule has 0 aromatic heterocycles. The number of anilines is 1. The summed E-state index contributed by atoms with van der Waals surface area (Å²) in [5.41, 5.74) is 0.331. The predicted octanol–water partition coefficient (Wildman–Crippen LogP) is 3.32. The molecule has 0 aliphatic carbocycles. The van der Waals surface area contributed by atoms with Crippen molar-refractivity contribution in [3.05, 3.63) is 29.8 Å². The van der Waals surface area contributed by atoms with Crippen molar-refractivity contribution >= 4 is 5.69 Å². The van der Waals surface area contributed by atoms with Gasteiger partial charge in [-0.25, -0.2) is 8.78 Å². The Balaban J connectivity index is 2.35. The fourth-order valence-electron chi connectivity index (χ4n) is 2.62. The van der Waals surface area contributed by atoms with E-state index in [1.807, 2.05) is 4.90 Å². The van der Waals surface area contributed by atoms with E-state index in [-0.39, 0.29) is 23.2 Å². The van der Waals surface area contributed by atoms with Crippen LogP contribution in [-0.4, -0.2) is 24.7 Å². The molecule has 1 fully saturated rings. The highest BCUT2D eigenvalue weighted by atomic mass is 19.1. The van der Waals surface area contributed by atoms with Crippen molar-refractivity contribution in [1.82, 2.24) is 5.32 Å². The molecular formula is C15H22F2N2. The van der Waals surface area contributed by atoms with Gasteiger partial charge in [0.1, 0.15) is 11.6 Å². The summed E-state index contributed by atoms with van der Waals surface area (Å²) in [6.07, 6.45) is 1.86. The van der Waals surface area contributed by atoms with Crippen molar-refractivity contribution < 1.29 is 8.78 Å². The second-order valence-corrected chi connectivity index (χ2v) is 5.58. The Morgan fingerprint density at radius 3 is 2.74 bits per heavy atom. The molecule has 19 heavy (non-hydrogen) atoms. The van der Waals surface area contributed by atoms with Crippen LogP contribution in [-0.2, 0) is 0 Å². The third-order valence-corrected chi connectivity index (χ3v) is 4.19. The van der Waals surface area contributed by atoms with Crippen molar-refractivity contribution in [2.24, 2.45) is 0 Å². The predicted molar refractivity (Wildman–Crippen MR) is 74.5 cm³/mol. The number of nitrogens with zero attached hydrogens (tertiary/aromatic N) is 1. The molecule has 1 aliphatic rings. The van der Waals surface area contributed by atoms with E-state index >= 15 is 0 Å². The number of nitrogens with one attached hydrogen (secondary N) is 1. The van der Waals surface area contributed by atoms with Gasteiger partial charge in [0.25, 0.3) is 0 Å². The standard InChI is InChI=1S/C15H22F2N2/c1-4-12-9-18-15(3,5-2)10-19(12)14-8-11(16)6-7-13(14)17/h6-8,12,18H,4-5,9-10H2,1-3H3. The SMILES string of the molecule is CCC1CNC(C)(CC)CN1c1cc(F)ccc1F. The maximum Gasteiger partial charge on any atom is 0.146 e. The van der Waals surface area contributed by atoms with Crippen LogP contribution in [0.25, 0.3) is 0 Å². The van der Waals surface area contributed by atoms with Crippen LogP contribution in [0.2, 0.25) is 0 Å². The Morgan fingerprint density at radius 2 is 2.11 bits per heavy atom. The fraction of sp³-hybridized carbons (Fsp3) is 0.600. The molecule has 1 saturated heterocycles. The number of piperazine rings is 1. The van der Waals surface area contributed by atoms with Crippen molar-refractivity contribution in [3.63, 3.8) is 0 Å². The van der Waals surface area contributed by atoms with Crippen molar-refractivity contribution in [3.8, 4) is 0 Å². The lowest BCUT2D eigenvalue weighted by Gasteiger charge is -2.47. The minimum absolute atomic E-state index is 0.0512. The largest absolute Gasteiger partial charge is 0.363 e. The Kier molecular flexibility index (Phi) is 4.09. The van der Waals surface area contributed by atoms with Crippen LogP contribution in [0, 0.1) is 11.6 Å². The summed E-state index contributed by atoms with van der Waals surface area (Å²) in [5, 5.41) is 3.52. The molecule has 2 rings (SSSR count). The number of halogens is 2. The topological polar surface area (TPSA) is 15.3 Å². The first-order chi connectivity index (χ1) is 8.99. The summed E-state index contributed by atoms with van der Waals surface area (Å²) < 4.78 is 27.4. The Morgan fingerprint density at radius 1 is 1.37 bits per heavy atom. The molecule has 0 spiro atoms. The molecular weight excluding hydrogens is 246 g/mol. The highest BCUT2D eigenvalue weighted by molar-refractivity contribution is 5.50. The molecule has 0 radical (unpaired) electrons. The number of rotatable bonds is 3. The number of hydrogen-bond donors (Lipinski definition) is 1. The Bertz CT molecular complexity index is 450. The molecule has 106 valence electrons. The molecule has 1 aliphatic heterocycles. The third kappa shape index (κ3) is 2.89. The van der Waals surface area contributed by atoms with Gasteiger partial charge in [-0.2, -0.15) is 0 Å².